The van der Waals surface area contributed by atoms with Gasteiger partial charge in [0.15, 0.2) is 0 Å². The van der Waals surface area contributed by atoms with E-state index in [4.69, 9.17) is 5.84 Å². The monoisotopic (exact) mass is 207 g/mol. The fourth-order valence-electron chi connectivity index (χ4n) is 1.35. The van der Waals surface area contributed by atoms with E-state index in [1.54, 1.807) is 0 Å². The molecule has 15 heavy (non-hydrogen) atoms. The van der Waals surface area contributed by atoms with Crippen molar-refractivity contribution in [2.45, 2.75) is 27.2 Å². The highest BCUT2D eigenvalue weighted by atomic mass is 15.3. The molecule has 0 atom stereocenters. The third-order valence-corrected chi connectivity index (χ3v) is 2.04. The van der Waals surface area contributed by atoms with Gasteiger partial charge in [0.05, 0.1) is 11.4 Å². The van der Waals surface area contributed by atoms with Gasteiger partial charge in [0, 0.05) is 12.1 Å². The summed E-state index contributed by atoms with van der Waals surface area (Å²) in [5, 5.41) is 8.14. The van der Waals surface area contributed by atoms with Crippen LogP contribution in [0.5, 0.6) is 0 Å². The molecule has 0 amide bonds. The standard InChI is InChI=1S/C10H17N5/c1-4-9-8(6-7(3)14-15-9)10(13-11)12-5-2/h6H,4-5,11H2,1-3H3,(H,12,13). The van der Waals surface area contributed by atoms with Crippen LogP contribution in [0.3, 0.4) is 0 Å². The zero-order valence-electron chi connectivity index (χ0n) is 9.41. The van der Waals surface area contributed by atoms with Crippen LogP contribution in [0.1, 0.15) is 30.8 Å². The smallest absolute Gasteiger partial charge is 0.144 e. The Morgan fingerprint density at radius 1 is 1.47 bits per heavy atom. The van der Waals surface area contributed by atoms with E-state index in [-0.39, 0.29) is 0 Å². The van der Waals surface area contributed by atoms with Crippen LogP contribution in [0.15, 0.2) is 11.1 Å². The number of hydrogen-bond donors (Lipinski definition) is 2. The fourth-order valence-corrected chi connectivity index (χ4v) is 1.35. The van der Waals surface area contributed by atoms with Crippen molar-refractivity contribution in [2.75, 3.05) is 6.54 Å². The summed E-state index contributed by atoms with van der Waals surface area (Å²) >= 11 is 0. The maximum atomic E-state index is 5.44. The van der Waals surface area contributed by atoms with Crippen LogP contribution < -0.4 is 11.3 Å². The van der Waals surface area contributed by atoms with Gasteiger partial charge in [-0.15, -0.1) is 0 Å². The van der Waals surface area contributed by atoms with Crippen molar-refractivity contribution in [2.24, 2.45) is 10.8 Å². The lowest BCUT2D eigenvalue weighted by Gasteiger charge is -2.09. The Kier molecular flexibility index (Phi) is 4.17. The Balaban J connectivity index is 3.20. The summed E-state index contributed by atoms with van der Waals surface area (Å²) in [5.74, 6) is 6.11. The molecule has 0 aromatic carbocycles. The van der Waals surface area contributed by atoms with Crippen LogP contribution >= 0.6 is 0 Å². The fraction of sp³-hybridized carbons (Fsp3) is 0.500. The third kappa shape index (κ3) is 2.73. The Labute approximate surface area is 89.8 Å². The second kappa shape index (κ2) is 5.41. The molecule has 5 heteroatoms. The molecule has 0 fully saturated rings. The van der Waals surface area contributed by atoms with Gasteiger partial charge in [0.25, 0.3) is 0 Å². The first kappa shape index (κ1) is 11.6. The van der Waals surface area contributed by atoms with Gasteiger partial charge in [-0.3, -0.25) is 4.99 Å². The Bertz CT molecular complexity index is 359. The van der Waals surface area contributed by atoms with Gasteiger partial charge in [0.2, 0.25) is 0 Å². The minimum atomic E-state index is 0.673. The molecule has 0 radical (unpaired) electrons. The first-order chi connectivity index (χ1) is 7.22. The maximum absolute atomic E-state index is 5.44. The molecule has 0 spiro atoms. The highest BCUT2D eigenvalue weighted by molar-refractivity contribution is 5.99. The van der Waals surface area contributed by atoms with Crippen LogP contribution in [0.4, 0.5) is 0 Å². The Hall–Kier alpha value is -1.49. The molecular weight excluding hydrogens is 190 g/mol. The van der Waals surface area contributed by atoms with Gasteiger partial charge in [0.1, 0.15) is 5.84 Å². The summed E-state index contributed by atoms with van der Waals surface area (Å²) < 4.78 is 0. The van der Waals surface area contributed by atoms with E-state index in [2.05, 4.69) is 20.6 Å². The molecule has 1 heterocycles. The number of nitrogens with two attached hydrogens (primary N) is 1. The second-order valence-electron chi connectivity index (χ2n) is 3.17. The number of rotatable bonds is 3. The number of aryl methyl sites for hydroxylation is 2. The summed E-state index contributed by atoms with van der Waals surface area (Å²) in [5.41, 5.74) is 5.31. The molecule has 0 aliphatic rings. The molecule has 1 aromatic heterocycles. The molecule has 0 saturated heterocycles. The lowest BCUT2D eigenvalue weighted by atomic mass is 10.1. The normalized spacial score (nSPS) is 11.6. The summed E-state index contributed by atoms with van der Waals surface area (Å²) in [7, 11) is 0. The molecule has 3 N–H and O–H groups in total. The van der Waals surface area contributed by atoms with E-state index >= 15 is 0 Å². The number of hydrazine groups is 1. The van der Waals surface area contributed by atoms with E-state index in [0.29, 0.717) is 12.4 Å². The first-order valence-electron chi connectivity index (χ1n) is 5.07. The summed E-state index contributed by atoms with van der Waals surface area (Å²) in [4.78, 5) is 4.28. The van der Waals surface area contributed by atoms with E-state index in [1.807, 2.05) is 26.8 Å². The zero-order chi connectivity index (χ0) is 11.3. The average molecular weight is 207 g/mol. The summed E-state index contributed by atoms with van der Waals surface area (Å²) in [6.45, 7) is 6.58. The largest absolute Gasteiger partial charge is 0.308 e. The van der Waals surface area contributed by atoms with Crippen LogP contribution in [0, 0.1) is 6.92 Å². The van der Waals surface area contributed by atoms with Crippen molar-refractivity contribution >= 4 is 5.84 Å². The van der Waals surface area contributed by atoms with Crippen molar-refractivity contribution in [1.82, 2.24) is 15.6 Å². The SMILES string of the molecule is CCN=C(NN)c1cc(C)nnc1CC. The van der Waals surface area contributed by atoms with Gasteiger partial charge in [-0.1, -0.05) is 6.92 Å². The number of aromatic nitrogens is 2. The van der Waals surface area contributed by atoms with Crippen LogP contribution in [-0.4, -0.2) is 22.6 Å². The topological polar surface area (TPSA) is 76.2 Å². The third-order valence-electron chi connectivity index (χ3n) is 2.04. The quantitative estimate of drug-likeness (QED) is 0.329. The summed E-state index contributed by atoms with van der Waals surface area (Å²) in [6, 6.07) is 1.94. The van der Waals surface area contributed by atoms with Gasteiger partial charge >= 0.3 is 0 Å². The maximum Gasteiger partial charge on any atom is 0.144 e. The highest BCUT2D eigenvalue weighted by Gasteiger charge is 2.09. The predicted octanol–water partition coefficient (Wildman–Crippen LogP) is 0.577. The highest BCUT2D eigenvalue weighted by Crippen LogP contribution is 2.07. The minimum Gasteiger partial charge on any atom is -0.308 e. The molecule has 0 unspecified atom stereocenters. The number of hydrogen-bond acceptors (Lipinski definition) is 4. The van der Waals surface area contributed by atoms with Crippen molar-refractivity contribution in [3.8, 4) is 0 Å². The molecule has 0 aliphatic heterocycles. The van der Waals surface area contributed by atoms with E-state index < -0.39 is 0 Å². The van der Waals surface area contributed by atoms with E-state index in [0.717, 1.165) is 23.4 Å². The molecule has 5 nitrogen and oxygen atoms in total. The first-order valence-corrected chi connectivity index (χ1v) is 5.07. The van der Waals surface area contributed by atoms with Crippen LogP contribution in [0.2, 0.25) is 0 Å². The van der Waals surface area contributed by atoms with E-state index in [9.17, 15) is 0 Å². The number of nitrogens with one attached hydrogen (secondary N) is 1. The van der Waals surface area contributed by atoms with Crippen molar-refractivity contribution in [3.05, 3.63) is 23.0 Å². The zero-order valence-corrected chi connectivity index (χ0v) is 9.41. The molecule has 0 saturated carbocycles. The minimum absolute atomic E-state index is 0.673. The van der Waals surface area contributed by atoms with Crippen molar-refractivity contribution in [3.63, 3.8) is 0 Å². The van der Waals surface area contributed by atoms with Crippen molar-refractivity contribution < 1.29 is 0 Å². The average Bonchev–Trinajstić information content (AvgIpc) is 2.26. The molecule has 1 rings (SSSR count). The van der Waals surface area contributed by atoms with Gasteiger partial charge in [-0.25, -0.2) is 5.84 Å². The molecule has 0 aliphatic carbocycles. The van der Waals surface area contributed by atoms with E-state index in [1.165, 1.54) is 0 Å². The number of nitrogens with zero attached hydrogens (tertiary/aromatic N) is 3. The molecular formula is C10H17N5. The van der Waals surface area contributed by atoms with Gasteiger partial charge in [-0.05, 0) is 26.3 Å². The van der Waals surface area contributed by atoms with Crippen LogP contribution in [0.25, 0.3) is 0 Å². The Morgan fingerprint density at radius 2 is 2.20 bits per heavy atom. The van der Waals surface area contributed by atoms with Crippen molar-refractivity contribution in [1.29, 1.82) is 0 Å². The molecule has 0 bridgehead atoms. The van der Waals surface area contributed by atoms with Crippen LogP contribution in [-0.2, 0) is 6.42 Å². The second-order valence-corrected chi connectivity index (χ2v) is 3.17. The lowest BCUT2D eigenvalue weighted by Crippen LogP contribution is -2.32. The van der Waals surface area contributed by atoms with Gasteiger partial charge in [-0.2, -0.15) is 10.2 Å². The predicted molar refractivity (Wildman–Crippen MR) is 60.5 cm³/mol. The lowest BCUT2D eigenvalue weighted by molar-refractivity contribution is 0.878. The number of aliphatic imine (C=N–C) groups is 1. The Morgan fingerprint density at radius 3 is 2.73 bits per heavy atom. The number of amidine groups is 1. The molecule has 1 aromatic rings. The van der Waals surface area contributed by atoms with Gasteiger partial charge < -0.3 is 5.43 Å². The molecule has 82 valence electrons. The summed E-state index contributed by atoms with van der Waals surface area (Å²) in [6.07, 6.45) is 0.813.